The van der Waals surface area contributed by atoms with Crippen LogP contribution in [0.15, 0.2) is 30.9 Å². The van der Waals surface area contributed by atoms with Gasteiger partial charge in [-0.1, -0.05) is 18.0 Å². The molecule has 0 bridgehead atoms. The maximum absolute atomic E-state index is 4.18. The van der Waals surface area contributed by atoms with E-state index in [9.17, 15) is 0 Å². The number of imidazole rings is 1. The van der Waals surface area contributed by atoms with Crippen LogP contribution in [0.5, 0.6) is 0 Å². The molecule has 4 heteroatoms. The zero-order chi connectivity index (χ0) is 8.39. The van der Waals surface area contributed by atoms with E-state index in [1.54, 1.807) is 24.7 Å². The summed E-state index contributed by atoms with van der Waals surface area (Å²) in [5, 5.41) is 0. The predicted octanol–water partition coefficient (Wildman–Crippen LogP) is 1.28. The van der Waals surface area contributed by atoms with E-state index in [1.165, 1.54) is 0 Å². The van der Waals surface area contributed by atoms with Crippen LogP contribution >= 0.6 is 0 Å². The van der Waals surface area contributed by atoms with Crippen LogP contribution in [0.2, 0.25) is 0 Å². The van der Waals surface area contributed by atoms with Crippen LogP contribution in [0.3, 0.4) is 0 Å². The summed E-state index contributed by atoms with van der Waals surface area (Å²) in [4.78, 5) is 8.17. The summed E-state index contributed by atoms with van der Waals surface area (Å²) >= 11 is 0. The molecule has 13 heavy (non-hydrogen) atoms. The van der Waals surface area contributed by atoms with Crippen LogP contribution in [0.4, 0.5) is 0 Å². The van der Waals surface area contributed by atoms with Crippen molar-refractivity contribution in [2.45, 2.75) is 0 Å². The molecule has 0 aliphatic heterocycles. The molecule has 0 aliphatic carbocycles. The molecule has 2 aromatic heterocycles. The minimum absolute atomic E-state index is 0. The first-order valence-corrected chi connectivity index (χ1v) is 3.67. The van der Waals surface area contributed by atoms with E-state index < -0.39 is 0 Å². The number of aryl methyl sites for hydroxylation is 1. The molecule has 0 aliphatic rings. The smallest absolute Gasteiger partial charge is 0.0570 e. The van der Waals surface area contributed by atoms with E-state index in [2.05, 4.69) is 16.0 Å². The topological polar surface area (TPSA) is 30.7 Å². The third-order valence-corrected chi connectivity index (χ3v) is 1.67. The van der Waals surface area contributed by atoms with Crippen LogP contribution < -0.4 is 0 Å². The Morgan fingerprint density at radius 3 is 2.77 bits per heavy atom. The molecule has 2 aromatic rings. The fourth-order valence-electron chi connectivity index (χ4n) is 1.07. The summed E-state index contributed by atoms with van der Waals surface area (Å²) in [5.74, 6) is 0.892. The maximum atomic E-state index is 4.18. The molecule has 0 spiro atoms. The summed E-state index contributed by atoms with van der Waals surface area (Å²) in [5.41, 5.74) is 0.921. The van der Waals surface area contributed by atoms with E-state index in [1.807, 2.05) is 17.8 Å². The first kappa shape index (κ1) is 10.1. The minimum Gasteiger partial charge on any atom is -0.373 e. The van der Waals surface area contributed by atoms with Gasteiger partial charge in [0.2, 0.25) is 0 Å². The van der Waals surface area contributed by atoms with Crippen molar-refractivity contribution >= 4 is 0 Å². The van der Waals surface area contributed by atoms with Crippen LogP contribution in [0.1, 0.15) is 0 Å². The van der Waals surface area contributed by atoms with Gasteiger partial charge in [0.25, 0.3) is 0 Å². The second-order valence-electron chi connectivity index (χ2n) is 2.51. The molecule has 0 saturated carbocycles. The van der Waals surface area contributed by atoms with Gasteiger partial charge in [-0.05, 0) is 0 Å². The molecular formula is C9H8IrN3-. The average Bonchev–Trinajstić information content (AvgIpc) is 2.53. The SMILES string of the molecule is Cn1ccnc1-c1[c-]ccnc1.[Ir]. The zero-order valence-electron chi connectivity index (χ0n) is 7.06. The van der Waals surface area contributed by atoms with Crippen molar-refractivity contribution in [1.82, 2.24) is 14.5 Å². The number of hydrogen-bond acceptors (Lipinski definition) is 2. The zero-order valence-corrected chi connectivity index (χ0v) is 9.46. The van der Waals surface area contributed by atoms with Gasteiger partial charge in [-0.3, -0.25) is 4.98 Å². The van der Waals surface area contributed by atoms with Crippen molar-refractivity contribution in [1.29, 1.82) is 0 Å². The Morgan fingerprint density at radius 1 is 1.38 bits per heavy atom. The van der Waals surface area contributed by atoms with Gasteiger partial charge >= 0.3 is 0 Å². The van der Waals surface area contributed by atoms with Crippen molar-refractivity contribution < 1.29 is 20.1 Å². The van der Waals surface area contributed by atoms with Gasteiger partial charge < -0.3 is 9.55 Å². The second kappa shape index (κ2) is 4.30. The molecule has 2 rings (SSSR count). The Bertz CT molecular complexity index is 369. The first-order chi connectivity index (χ1) is 5.88. The van der Waals surface area contributed by atoms with Crippen LogP contribution in [0.25, 0.3) is 11.4 Å². The van der Waals surface area contributed by atoms with Crippen LogP contribution in [-0.2, 0) is 27.2 Å². The molecule has 0 amide bonds. The van der Waals surface area contributed by atoms with E-state index in [0.29, 0.717) is 0 Å². The molecule has 0 unspecified atom stereocenters. The van der Waals surface area contributed by atoms with E-state index >= 15 is 0 Å². The monoisotopic (exact) mass is 351 g/mol. The van der Waals surface area contributed by atoms with Gasteiger partial charge in [-0.25, -0.2) is 0 Å². The van der Waals surface area contributed by atoms with Gasteiger partial charge in [-0.15, -0.1) is 12.1 Å². The Balaban J connectivity index is 0.000000845. The number of pyridine rings is 1. The molecule has 0 atom stereocenters. The second-order valence-corrected chi connectivity index (χ2v) is 2.51. The molecule has 3 nitrogen and oxygen atoms in total. The third kappa shape index (κ3) is 2.02. The molecule has 2 heterocycles. The summed E-state index contributed by atoms with van der Waals surface area (Å²) in [6.45, 7) is 0. The standard InChI is InChI=1S/C9H8N3.Ir/c1-12-6-5-11-9(12)8-3-2-4-10-7-8;/h2,4-7H,1H3;/q-1;. The molecule has 1 radical (unpaired) electrons. The molecule has 0 fully saturated rings. The number of hydrogen-bond donors (Lipinski definition) is 0. The largest absolute Gasteiger partial charge is 0.373 e. The van der Waals surface area contributed by atoms with Gasteiger partial charge in [0.15, 0.2) is 0 Å². The quantitative estimate of drug-likeness (QED) is 0.726. The summed E-state index contributed by atoms with van der Waals surface area (Å²) in [6.07, 6.45) is 7.11. The van der Waals surface area contributed by atoms with Gasteiger partial charge in [0.05, 0.1) is 5.82 Å². The first-order valence-electron chi connectivity index (χ1n) is 3.67. The summed E-state index contributed by atoms with van der Waals surface area (Å²) in [7, 11) is 1.95. The predicted molar refractivity (Wildman–Crippen MR) is 45.3 cm³/mol. The molecule has 0 aromatic carbocycles. The van der Waals surface area contributed by atoms with Crippen molar-refractivity contribution in [2.24, 2.45) is 7.05 Å². The molecule has 0 N–H and O–H groups in total. The fraction of sp³-hybridized carbons (Fsp3) is 0.111. The Morgan fingerprint density at radius 2 is 2.23 bits per heavy atom. The minimum atomic E-state index is 0. The molecule has 0 saturated heterocycles. The summed E-state index contributed by atoms with van der Waals surface area (Å²) < 4.78 is 1.94. The molecule has 69 valence electrons. The van der Waals surface area contributed by atoms with Gasteiger partial charge in [0, 0.05) is 39.5 Å². The number of nitrogens with zero attached hydrogens (tertiary/aromatic N) is 3. The number of rotatable bonds is 1. The van der Waals surface area contributed by atoms with Gasteiger partial charge in [0.1, 0.15) is 0 Å². The van der Waals surface area contributed by atoms with Crippen molar-refractivity contribution in [3.8, 4) is 11.4 Å². The van der Waals surface area contributed by atoms with Crippen molar-refractivity contribution in [3.05, 3.63) is 36.9 Å². The van der Waals surface area contributed by atoms with E-state index in [0.717, 1.165) is 11.4 Å². The van der Waals surface area contributed by atoms with E-state index in [4.69, 9.17) is 0 Å². The van der Waals surface area contributed by atoms with Crippen LogP contribution in [-0.4, -0.2) is 14.5 Å². The maximum Gasteiger partial charge on any atom is 0.0570 e. The number of aromatic nitrogens is 3. The summed E-state index contributed by atoms with van der Waals surface area (Å²) in [6, 6.07) is 4.85. The third-order valence-electron chi connectivity index (χ3n) is 1.67. The van der Waals surface area contributed by atoms with Gasteiger partial charge in [-0.2, -0.15) is 0 Å². The van der Waals surface area contributed by atoms with E-state index in [-0.39, 0.29) is 20.1 Å². The molecular weight excluding hydrogens is 342 g/mol. The Kier molecular flexibility index (Phi) is 3.34. The van der Waals surface area contributed by atoms with Crippen molar-refractivity contribution in [2.75, 3.05) is 0 Å². The fourth-order valence-corrected chi connectivity index (χ4v) is 1.07. The van der Waals surface area contributed by atoms with Crippen molar-refractivity contribution in [3.63, 3.8) is 0 Å². The normalized spacial score (nSPS) is 9.31. The Hall–Kier alpha value is -0.991. The Labute approximate surface area is 90.2 Å². The van der Waals surface area contributed by atoms with Crippen LogP contribution in [0, 0.1) is 6.07 Å². The average molecular weight is 350 g/mol.